The topological polar surface area (TPSA) is 101 Å². The molecule has 9 heteroatoms. The molecule has 0 aliphatic carbocycles. The number of methoxy groups -OCH3 is 1. The lowest BCUT2D eigenvalue weighted by atomic mass is 10.1. The Balaban J connectivity index is 1.45. The van der Waals surface area contributed by atoms with Gasteiger partial charge in [0.25, 0.3) is 0 Å². The number of amides is 2. The number of nitrogens with zero attached hydrogens (tertiary/aromatic N) is 5. The molecular formula is C23H31N5O4. The van der Waals surface area contributed by atoms with Crippen molar-refractivity contribution in [2.75, 3.05) is 20.2 Å². The second kappa shape index (κ2) is 9.28. The summed E-state index contributed by atoms with van der Waals surface area (Å²) in [6.45, 7) is 5.69. The van der Waals surface area contributed by atoms with E-state index in [4.69, 9.17) is 4.74 Å². The van der Waals surface area contributed by atoms with E-state index in [9.17, 15) is 14.7 Å². The fourth-order valence-corrected chi connectivity index (χ4v) is 4.50. The monoisotopic (exact) mass is 441 g/mol. The van der Waals surface area contributed by atoms with Crippen LogP contribution in [0.5, 0.6) is 5.75 Å². The molecular weight excluding hydrogens is 410 g/mol. The highest BCUT2D eigenvalue weighted by molar-refractivity contribution is 5.78. The molecule has 172 valence electrons. The summed E-state index contributed by atoms with van der Waals surface area (Å²) >= 11 is 0. The van der Waals surface area contributed by atoms with Crippen LogP contribution in [0.1, 0.15) is 49.9 Å². The molecule has 32 heavy (non-hydrogen) atoms. The van der Waals surface area contributed by atoms with Gasteiger partial charge in [0.15, 0.2) is 11.6 Å². The molecule has 3 heterocycles. The van der Waals surface area contributed by atoms with Gasteiger partial charge < -0.3 is 24.2 Å². The summed E-state index contributed by atoms with van der Waals surface area (Å²) in [4.78, 5) is 29.0. The van der Waals surface area contributed by atoms with E-state index in [1.165, 1.54) is 0 Å². The summed E-state index contributed by atoms with van der Waals surface area (Å²) in [5.41, 5.74) is 1.06. The zero-order valence-corrected chi connectivity index (χ0v) is 18.9. The van der Waals surface area contributed by atoms with Crippen molar-refractivity contribution >= 4 is 11.8 Å². The molecule has 1 N–H and O–H groups in total. The van der Waals surface area contributed by atoms with Crippen LogP contribution in [-0.4, -0.2) is 67.8 Å². The number of aliphatic hydroxyl groups excluding tert-OH is 1. The molecule has 1 saturated heterocycles. The molecule has 2 aromatic rings. The molecule has 0 saturated carbocycles. The van der Waals surface area contributed by atoms with Crippen LogP contribution in [0.25, 0.3) is 0 Å². The first kappa shape index (κ1) is 22.3. The molecule has 0 unspecified atom stereocenters. The number of ether oxygens (including phenoxy) is 1. The number of fused-ring (bicyclic) bond motifs is 1. The van der Waals surface area contributed by atoms with Crippen LogP contribution in [0.2, 0.25) is 0 Å². The van der Waals surface area contributed by atoms with Gasteiger partial charge in [-0.3, -0.25) is 9.59 Å². The van der Waals surface area contributed by atoms with Crippen LogP contribution in [0, 0.1) is 5.92 Å². The van der Waals surface area contributed by atoms with Gasteiger partial charge in [0.2, 0.25) is 11.8 Å². The maximum Gasteiger partial charge on any atom is 0.225 e. The summed E-state index contributed by atoms with van der Waals surface area (Å²) in [5.74, 6) is 2.25. The Morgan fingerprint density at radius 3 is 2.62 bits per heavy atom. The number of likely N-dealkylation sites (tertiary alicyclic amines) is 1. The van der Waals surface area contributed by atoms with E-state index in [1.54, 1.807) is 16.9 Å². The first-order valence-electron chi connectivity index (χ1n) is 11.2. The largest absolute Gasteiger partial charge is 0.497 e. The Morgan fingerprint density at radius 2 is 1.94 bits per heavy atom. The minimum Gasteiger partial charge on any atom is -0.497 e. The van der Waals surface area contributed by atoms with Gasteiger partial charge in [-0.1, -0.05) is 26.0 Å². The fraction of sp³-hybridized carbons (Fsp3) is 0.565. The quantitative estimate of drug-likeness (QED) is 0.730. The molecule has 2 atom stereocenters. The predicted octanol–water partition coefficient (Wildman–Crippen LogP) is 1.55. The average molecular weight is 442 g/mol. The van der Waals surface area contributed by atoms with Crippen molar-refractivity contribution < 1.29 is 19.4 Å². The Kier molecular flexibility index (Phi) is 6.45. The third-order valence-corrected chi connectivity index (χ3v) is 6.27. The average Bonchev–Trinajstić information content (AvgIpc) is 3.39. The van der Waals surface area contributed by atoms with E-state index in [-0.39, 0.29) is 23.8 Å². The molecule has 1 aromatic heterocycles. The van der Waals surface area contributed by atoms with Gasteiger partial charge in [-0.15, -0.1) is 10.2 Å². The Hall–Kier alpha value is -2.94. The molecule has 0 radical (unpaired) electrons. The molecule has 1 fully saturated rings. The zero-order chi connectivity index (χ0) is 22.8. The van der Waals surface area contributed by atoms with E-state index in [1.807, 2.05) is 42.7 Å². The lowest BCUT2D eigenvalue weighted by Gasteiger charge is -2.31. The highest BCUT2D eigenvalue weighted by atomic mass is 16.5. The minimum absolute atomic E-state index is 0.00728. The molecule has 1 aromatic carbocycles. The summed E-state index contributed by atoms with van der Waals surface area (Å²) in [5, 5.41) is 19.0. The number of aryl methyl sites for hydroxylation is 1. The maximum absolute atomic E-state index is 13.1. The summed E-state index contributed by atoms with van der Waals surface area (Å²) < 4.78 is 7.19. The molecule has 0 bridgehead atoms. The lowest BCUT2D eigenvalue weighted by molar-refractivity contribution is -0.136. The van der Waals surface area contributed by atoms with Crippen molar-refractivity contribution in [3.05, 3.63) is 41.5 Å². The van der Waals surface area contributed by atoms with Crippen LogP contribution in [-0.2, 0) is 29.1 Å². The van der Waals surface area contributed by atoms with E-state index in [0.717, 1.165) is 17.1 Å². The van der Waals surface area contributed by atoms with Crippen LogP contribution in [0.3, 0.4) is 0 Å². The minimum atomic E-state index is -0.583. The van der Waals surface area contributed by atoms with Crippen molar-refractivity contribution in [2.45, 2.75) is 58.3 Å². The Morgan fingerprint density at radius 1 is 1.19 bits per heavy atom. The smallest absolute Gasteiger partial charge is 0.225 e. The first-order valence-corrected chi connectivity index (χ1v) is 11.2. The van der Waals surface area contributed by atoms with E-state index >= 15 is 0 Å². The molecule has 2 aliphatic rings. The van der Waals surface area contributed by atoms with Gasteiger partial charge >= 0.3 is 0 Å². The normalized spacial score (nSPS) is 20.5. The van der Waals surface area contributed by atoms with Gasteiger partial charge in [-0.2, -0.15) is 0 Å². The van der Waals surface area contributed by atoms with Crippen molar-refractivity contribution in [2.24, 2.45) is 5.92 Å². The van der Waals surface area contributed by atoms with Crippen molar-refractivity contribution in [3.63, 3.8) is 0 Å². The second-order valence-corrected chi connectivity index (χ2v) is 8.84. The van der Waals surface area contributed by atoms with E-state index < -0.39 is 6.10 Å². The highest BCUT2D eigenvalue weighted by Gasteiger charge is 2.39. The number of benzene rings is 1. The van der Waals surface area contributed by atoms with Gasteiger partial charge in [0, 0.05) is 38.4 Å². The van der Waals surface area contributed by atoms with Gasteiger partial charge in [-0.05, 0) is 24.1 Å². The zero-order valence-electron chi connectivity index (χ0n) is 18.9. The standard InChI is InChI=1S/C23H31N5O4/c1-15(2)23(31)26-10-11-27-20(14-26)24-25-22(27)19-12-17(29)13-28(19)21(30)9-6-16-4-7-18(32-3)8-5-16/h4-5,7-8,15,17,19,29H,6,9-14H2,1-3H3/t17-,19-/m0/s1. The Labute approximate surface area is 188 Å². The molecule has 4 rings (SSSR count). The van der Waals surface area contributed by atoms with E-state index in [2.05, 4.69) is 10.2 Å². The number of carbonyl (C=O) groups is 2. The van der Waals surface area contributed by atoms with Gasteiger partial charge in [0.1, 0.15) is 5.75 Å². The van der Waals surface area contributed by atoms with Crippen molar-refractivity contribution in [1.29, 1.82) is 0 Å². The van der Waals surface area contributed by atoms with Gasteiger partial charge in [0.05, 0.1) is 25.8 Å². The predicted molar refractivity (Wildman–Crippen MR) is 117 cm³/mol. The molecule has 0 spiro atoms. The summed E-state index contributed by atoms with van der Waals surface area (Å²) in [7, 11) is 1.63. The lowest BCUT2D eigenvalue weighted by Crippen LogP contribution is -2.41. The third kappa shape index (κ3) is 4.48. The molecule has 9 nitrogen and oxygen atoms in total. The second-order valence-electron chi connectivity index (χ2n) is 8.84. The number of aromatic nitrogens is 3. The van der Waals surface area contributed by atoms with Crippen LogP contribution >= 0.6 is 0 Å². The van der Waals surface area contributed by atoms with E-state index in [0.29, 0.717) is 51.3 Å². The third-order valence-electron chi connectivity index (χ3n) is 6.27. The van der Waals surface area contributed by atoms with Crippen molar-refractivity contribution in [3.8, 4) is 5.75 Å². The van der Waals surface area contributed by atoms with Gasteiger partial charge in [-0.25, -0.2) is 0 Å². The van der Waals surface area contributed by atoms with Crippen LogP contribution < -0.4 is 4.74 Å². The number of β-amino-alcohol motifs (C(OH)–C–C–N with tert-alkyl or cyclic N) is 1. The summed E-state index contributed by atoms with van der Waals surface area (Å²) in [6.07, 6.45) is 0.834. The number of hydrogen-bond donors (Lipinski definition) is 1. The summed E-state index contributed by atoms with van der Waals surface area (Å²) in [6, 6.07) is 7.39. The first-order chi connectivity index (χ1) is 15.4. The molecule has 2 amide bonds. The van der Waals surface area contributed by atoms with Crippen LogP contribution in [0.4, 0.5) is 0 Å². The Bertz CT molecular complexity index is 971. The van der Waals surface area contributed by atoms with Crippen molar-refractivity contribution in [1.82, 2.24) is 24.6 Å². The maximum atomic E-state index is 13.1. The fourth-order valence-electron chi connectivity index (χ4n) is 4.50. The number of aliphatic hydroxyl groups is 1. The number of hydrogen-bond acceptors (Lipinski definition) is 6. The van der Waals surface area contributed by atoms with Crippen LogP contribution in [0.15, 0.2) is 24.3 Å². The SMILES string of the molecule is COc1ccc(CCC(=O)N2C[C@@H](O)C[C@H]2c2nnc3n2CCN(C(=O)C(C)C)C3)cc1. The molecule has 2 aliphatic heterocycles. The number of carbonyl (C=O) groups excluding carboxylic acids is 2. The highest BCUT2D eigenvalue weighted by Crippen LogP contribution is 2.33. The number of rotatable bonds is 6.